The molecule has 1 amide bonds. The number of methoxy groups -OCH3 is 2. The van der Waals surface area contributed by atoms with Gasteiger partial charge in [-0.2, -0.15) is 0 Å². The summed E-state index contributed by atoms with van der Waals surface area (Å²) in [6.07, 6.45) is 1.76. The molecule has 1 saturated heterocycles. The topological polar surface area (TPSA) is 48.0 Å². The van der Waals surface area contributed by atoms with Gasteiger partial charge < -0.3 is 19.1 Å². The van der Waals surface area contributed by atoms with Crippen LogP contribution in [0, 0.1) is 0 Å². The average Bonchev–Trinajstić information content (AvgIpc) is 2.92. The monoisotopic (exact) mass is 251 g/mol. The van der Waals surface area contributed by atoms with E-state index >= 15 is 0 Å². The van der Waals surface area contributed by atoms with Gasteiger partial charge in [-0.1, -0.05) is 0 Å². The smallest absolute Gasteiger partial charge is 0.415 e. The average molecular weight is 251 g/mol. The van der Waals surface area contributed by atoms with E-state index in [0.717, 1.165) is 25.9 Å². The van der Waals surface area contributed by atoms with Gasteiger partial charge in [-0.3, -0.25) is 0 Å². The van der Waals surface area contributed by atoms with E-state index in [1.165, 1.54) is 0 Å². The van der Waals surface area contributed by atoms with Crippen LogP contribution in [0.25, 0.3) is 0 Å². The molecule has 0 saturated carbocycles. The SMILES string of the molecule is COc1cc(OC)cc(OC(=O)N2CCCC2)c1. The number of carbonyl (C=O) groups excluding carboxylic acids is 1. The number of hydrogen-bond acceptors (Lipinski definition) is 4. The lowest BCUT2D eigenvalue weighted by atomic mass is 10.3. The van der Waals surface area contributed by atoms with E-state index in [4.69, 9.17) is 14.2 Å². The fraction of sp³-hybridized carbons (Fsp3) is 0.462. The van der Waals surface area contributed by atoms with Crippen molar-refractivity contribution in [3.63, 3.8) is 0 Å². The van der Waals surface area contributed by atoms with Crippen LogP contribution in [0.3, 0.4) is 0 Å². The number of ether oxygens (including phenoxy) is 3. The number of rotatable bonds is 3. The molecule has 0 aliphatic carbocycles. The second-order valence-electron chi connectivity index (χ2n) is 4.11. The van der Waals surface area contributed by atoms with Crippen LogP contribution in [0.2, 0.25) is 0 Å². The largest absolute Gasteiger partial charge is 0.496 e. The van der Waals surface area contributed by atoms with Crippen LogP contribution in [-0.2, 0) is 0 Å². The predicted molar refractivity (Wildman–Crippen MR) is 66.4 cm³/mol. The van der Waals surface area contributed by atoms with Gasteiger partial charge in [0, 0.05) is 31.3 Å². The van der Waals surface area contributed by atoms with Crippen molar-refractivity contribution in [3.05, 3.63) is 18.2 Å². The van der Waals surface area contributed by atoms with E-state index in [2.05, 4.69) is 0 Å². The Hall–Kier alpha value is -1.91. The quantitative estimate of drug-likeness (QED) is 0.827. The Kier molecular flexibility index (Phi) is 3.92. The first-order valence-corrected chi connectivity index (χ1v) is 5.93. The molecule has 0 N–H and O–H groups in total. The molecule has 0 bridgehead atoms. The highest BCUT2D eigenvalue weighted by molar-refractivity contribution is 5.71. The Morgan fingerprint density at radius 1 is 1.00 bits per heavy atom. The number of hydrogen-bond donors (Lipinski definition) is 0. The summed E-state index contributed by atoms with van der Waals surface area (Å²) in [6, 6.07) is 5.06. The second-order valence-corrected chi connectivity index (χ2v) is 4.11. The Morgan fingerprint density at radius 2 is 1.50 bits per heavy atom. The van der Waals surface area contributed by atoms with Crippen LogP contribution < -0.4 is 14.2 Å². The highest BCUT2D eigenvalue weighted by Crippen LogP contribution is 2.28. The third kappa shape index (κ3) is 2.85. The summed E-state index contributed by atoms with van der Waals surface area (Å²) < 4.78 is 15.5. The summed E-state index contributed by atoms with van der Waals surface area (Å²) in [6.45, 7) is 1.53. The zero-order chi connectivity index (χ0) is 13.0. The normalized spacial score (nSPS) is 14.4. The van der Waals surface area contributed by atoms with Gasteiger partial charge in [-0.15, -0.1) is 0 Å². The molecule has 2 rings (SSSR count). The third-order valence-corrected chi connectivity index (χ3v) is 2.89. The lowest BCUT2D eigenvalue weighted by Gasteiger charge is -2.15. The summed E-state index contributed by atoms with van der Waals surface area (Å²) >= 11 is 0. The first kappa shape index (κ1) is 12.5. The maximum Gasteiger partial charge on any atom is 0.415 e. The molecule has 0 radical (unpaired) electrons. The van der Waals surface area contributed by atoms with Crippen LogP contribution in [0.15, 0.2) is 18.2 Å². The minimum atomic E-state index is -0.317. The third-order valence-electron chi connectivity index (χ3n) is 2.89. The van der Waals surface area contributed by atoms with E-state index in [1.807, 2.05) is 0 Å². The van der Waals surface area contributed by atoms with E-state index in [0.29, 0.717) is 17.2 Å². The maximum absolute atomic E-state index is 11.8. The number of amides is 1. The number of likely N-dealkylation sites (tertiary alicyclic amines) is 1. The van der Waals surface area contributed by atoms with Gasteiger partial charge >= 0.3 is 6.09 Å². The van der Waals surface area contributed by atoms with Crippen LogP contribution in [0.4, 0.5) is 4.79 Å². The van der Waals surface area contributed by atoms with Gasteiger partial charge in [-0.25, -0.2) is 4.79 Å². The molecule has 5 heteroatoms. The summed E-state index contributed by atoms with van der Waals surface area (Å²) in [5, 5.41) is 0. The minimum Gasteiger partial charge on any atom is -0.496 e. The molecule has 0 aromatic heterocycles. The van der Waals surface area contributed by atoms with Crippen molar-refractivity contribution in [1.82, 2.24) is 4.90 Å². The van der Waals surface area contributed by atoms with Crippen molar-refractivity contribution >= 4 is 6.09 Å². The van der Waals surface area contributed by atoms with E-state index in [1.54, 1.807) is 37.3 Å². The summed E-state index contributed by atoms with van der Waals surface area (Å²) in [7, 11) is 3.11. The van der Waals surface area contributed by atoms with E-state index < -0.39 is 0 Å². The second kappa shape index (κ2) is 5.62. The van der Waals surface area contributed by atoms with Gasteiger partial charge in [0.05, 0.1) is 14.2 Å². The lowest BCUT2D eigenvalue weighted by Crippen LogP contribution is -2.30. The van der Waals surface area contributed by atoms with Gasteiger partial charge in [0.25, 0.3) is 0 Å². The predicted octanol–water partition coefficient (Wildman–Crippen LogP) is 2.30. The lowest BCUT2D eigenvalue weighted by molar-refractivity contribution is 0.162. The molecule has 1 aromatic rings. The zero-order valence-corrected chi connectivity index (χ0v) is 10.6. The summed E-state index contributed by atoms with van der Waals surface area (Å²) in [4.78, 5) is 13.5. The number of carbonyl (C=O) groups is 1. The first-order valence-electron chi connectivity index (χ1n) is 5.93. The molecular formula is C13H17NO4. The van der Waals surface area contributed by atoms with Crippen molar-refractivity contribution in [2.45, 2.75) is 12.8 Å². The Balaban J connectivity index is 2.09. The van der Waals surface area contributed by atoms with E-state index in [-0.39, 0.29) is 6.09 Å². The fourth-order valence-electron chi connectivity index (χ4n) is 1.91. The van der Waals surface area contributed by atoms with Crippen molar-refractivity contribution in [2.24, 2.45) is 0 Å². The van der Waals surface area contributed by atoms with Crippen molar-refractivity contribution in [3.8, 4) is 17.2 Å². The molecule has 1 heterocycles. The Bertz CT molecular complexity index is 405. The number of benzene rings is 1. The maximum atomic E-state index is 11.8. The van der Waals surface area contributed by atoms with E-state index in [9.17, 15) is 4.79 Å². The van der Waals surface area contributed by atoms with Crippen LogP contribution >= 0.6 is 0 Å². The molecule has 1 aliphatic heterocycles. The highest BCUT2D eigenvalue weighted by Gasteiger charge is 2.20. The molecule has 1 fully saturated rings. The van der Waals surface area contributed by atoms with Gasteiger partial charge in [0.2, 0.25) is 0 Å². The highest BCUT2D eigenvalue weighted by atomic mass is 16.6. The van der Waals surface area contributed by atoms with Gasteiger partial charge in [0.15, 0.2) is 0 Å². The first-order chi connectivity index (χ1) is 8.72. The molecule has 98 valence electrons. The molecule has 0 atom stereocenters. The van der Waals surface area contributed by atoms with Crippen molar-refractivity contribution < 1.29 is 19.0 Å². The minimum absolute atomic E-state index is 0.317. The van der Waals surface area contributed by atoms with Gasteiger partial charge in [-0.05, 0) is 12.8 Å². The zero-order valence-electron chi connectivity index (χ0n) is 10.6. The van der Waals surface area contributed by atoms with Crippen molar-refractivity contribution in [1.29, 1.82) is 0 Å². The van der Waals surface area contributed by atoms with Crippen molar-refractivity contribution in [2.75, 3.05) is 27.3 Å². The molecule has 5 nitrogen and oxygen atoms in total. The summed E-state index contributed by atoms with van der Waals surface area (Å²) in [5.74, 6) is 1.63. The standard InChI is InChI=1S/C13H17NO4/c1-16-10-7-11(17-2)9-12(8-10)18-13(15)14-5-3-4-6-14/h7-9H,3-6H2,1-2H3. The molecule has 18 heavy (non-hydrogen) atoms. The molecule has 0 spiro atoms. The fourth-order valence-corrected chi connectivity index (χ4v) is 1.91. The van der Waals surface area contributed by atoms with Gasteiger partial charge in [0.1, 0.15) is 17.2 Å². The molecular weight excluding hydrogens is 234 g/mol. The van der Waals surface area contributed by atoms with Crippen LogP contribution in [0.1, 0.15) is 12.8 Å². The Morgan fingerprint density at radius 3 is 2.00 bits per heavy atom. The van der Waals surface area contributed by atoms with Crippen LogP contribution in [-0.4, -0.2) is 38.3 Å². The molecule has 1 aliphatic rings. The number of nitrogens with zero attached hydrogens (tertiary/aromatic N) is 1. The molecule has 0 unspecified atom stereocenters. The van der Waals surface area contributed by atoms with Crippen LogP contribution in [0.5, 0.6) is 17.2 Å². The molecule has 1 aromatic carbocycles. The Labute approximate surface area is 106 Å². The summed E-state index contributed by atoms with van der Waals surface area (Å²) in [5.41, 5.74) is 0.